The van der Waals surface area contributed by atoms with Crippen molar-refractivity contribution in [2.24, 2.45) is 23.7 Å². The first-order valence-corrected chi connectivity index (χ1v) is 13.0. The van der Waals surface area contributed by atoms with Gasteiger partial charge in [0.1, 0.15) is 0 Å². The van der Waals surface area contributed by atoms with Crippen molar-refractivity contribution in [2.45, 2.75) is 18.8 Å². The zero-order valence-electron chi connectivity index (χ0n) is 20.4. The summed E-state index contributed by atoms with van der Waals surface area (Å²) in [4.78, 5) is 52.7. The summed E-state index contributed by atoms with van der Waals surface area (Å²) in [5.74, 6) is -1.34. The molecule has 3 aromatic carbocycles. The highest BCUT2D eigenvalue weighted by Crippen LogP contribution is 2.61. The van der Waals surface area contributed by atoms with Gasteiger partial charge in [-0.2, -0.15) is 0 Å². The van der Waals surface area contributed by atoms with Crippen molar-refractivity contribution in [3.8, 4) is 0 Å². The number of imide groups is 1. The predicted octanol–water partition coefficient (Wildman–Crippen LogP) is 5.06. The van der Waals surface area contributed by atoms with Crippen LogP contribution in [0, 0.1) is 23.7 Å². The standard InChI is InChI=1S/C30H25ClN2O5/c31-20-8-10-21(11-9-20)32-25(34)16-38-30(37)18-6-12-22(13-7-18)33-28(35)26-19-14-23(17-4-2-1-3-5-17)24(15-19)27(26)29(33)36/h1-13,19,23-24,26-27H,14-16H2,(H,32,34)/t19-,23+,24+,26+,27+/m0/s1. The molecule has 1 aliphatic heterocycles. The molecule has 3 fully saturated rings. The number of esters is 1. The number of benzene rings is 3. The highest BCUT2D eigenvalue weighted by molar-refractivity contribution is 6.30. The summed E-state index contributed by atoms with van der Waals surface area (Å²) in [6.07, 6.45) is 1.84. The Morgan fingerprint density at radius 2 is 1.55 bits per heavy atom. The lowest BCUT2D eigenvalue weighted by Gasteiger charge is -2.28. The first-order chi connectivity index (χ1) is 18.4. The maximum atomic E-state index is 13.5. The van der Waals surface area contributed by atoms with Crippen molar-refractivity contribution in [1.82, 2.24) is 0 Å². The average molecular weight is 529 g/mol. The number of hydrogen-bond acceptors (Lipinski definition) is 5. The van der Waals surface area contributed by atoms with E-state index in [1.807, 2.05) is 18.2 Å². The highest BCUT2D eigenvalue weighted by Gasteiger charge is 2.64. The van der Waals surface area contributed by atoms with E-state index in [1.54, 1.807) is 36.4 Å². The van der Waals surface area contributed by atoms with E-state index in [4.69, 9.17) is 16.3 Å². The number of nitrogens with one attached hydrogen (secondary N) is 1. The Balaban J connectivity index is 1.10. The number of carbonyl (C=O) groups is 4. The number of hydrogen-bond donors (Lipinski definition) is 1. The second kappa shape index (κ2) is 9.72. The summed E-state index contributed by atoms with van der Waals surface area (Å²) >= 11 is 5.83. The quantitative estimate of drug-likeness (QED) is 0.356. The lowest BCUT2D eigenvalue weighted by atomic mass is 9.73. The van der Waals surface area contributed by atoms with Gasteiger partial charge in [0.25, 0.3) is 5.91 Å². The topological polar surface area (TPSA) is 92.8 Å². The summed E-state index contributed by atoms with van der Waals surface area (Å²) in [5.41, 5.74) is 2.44. The fourth-order valence-electron chi connectivity index (χ4n) is 6.49. The molecule has 0 aromatic heterocycles. The molecular weight excluding hydrogens is 504 g/mol. The largest absolute Gasteiger partial charge is 0.452 e. The molecule has 0 unspecified atom stereocenters. The normalized spacial score (nSPS) is 25.4. The van der Waals surface area contributed by atoms with Gasteiger partial charge in [0, 0.05) is 10.7 Å². The third-order valence-corrected chi connectivity index (χ3v) is 8.32. The fourth-order valence-corrected chi connectivity index (χ4v) is 6.61. The molecule has 3 aromatic rings. The fraction of sp³-hybridized carbons (Fsp3) is 0.267. The van der Waals surface area contributed by atoms with Crippen molar-refractivity contribution >= 4 is 46.7 Å². The van der Waals surface area contributed by atoms with E-state index in [9.17, 15) is 19.2 Å². The van der Waals surface area contributed by atoms with Gasteiger partial charge in [-0.25, -0.2) is 4.79 Å². The smallest absolute Gasteiger partial charge is 0.338 e. The molecule has 192 valence electrons. The van der Waals surface area contributed by atoms with Crippen molar-refractivity contribution < 1.29 is 23.9 Å². The molecule has 8 heteroatoms. The molecule has 2 bridgehead atoms. The molecule has 38 heavy (non-hydrogen) atoms. The number of amides is 3. The second-order valence-corrected chi connectivity index (χ2v) is 10.6. The first-order valence-electron chi connectivity index (χ1n) is 12.7. The minimum absolute atomic E-state index is 0.145. The van der Waals surface area contributed by atoms with Gasteiger partial charge in [-0.05, 0) is 84.7 Å². The number of anilines is 2. The third kappa shape index (κ3) is 4.27. The molecule has 7 nitrogen and oxygen atoms in total. The van der Waals surface area contributed by atoms with E-state index in [2.05, 4.69) is 17.4 Å². The predicted molar refractivity (Wildman–Crippen MR) is 142 cm³/mol. The number of halogens is 1. The van der Waals surface area contributed by atoms with E-state index in [0.717, 1.165) is 12.8 Å². The number of fused-ring (bicyclic) bond motifs is 5. The molecule has 2 aliphatic carbocycles. The average Bonchev–Trinajstić information content (AvgIpc) is 3.60. The summed E-state index contributed by atoms with van der Waals surface area (Å²) in [6, 6.07) is 23.0. The molecule has 6 rings (SSSR count). The molecule has 5 atom stereocenters. The highest BCUT2D eigenvalue weighted by atomic mass is 35.5. The zero-order chi connectivity index (χ0) is 26.4. The van der Waals surface area contributed by atoms with Crippen LogP contribution in [0.5, 0.6) is 0 Å². The summed E-state index contributed by atoms with van der Waals surface area (Å²) in [7, 11) is 0. The van der Waals surface area contributed by atoms with Gasteiger partial charge in [0.2, 0.25) is 11.8 Å². The van der Waals surface area contributed by atoms with E-state index < -0.39 is 18.5 Å². The summed E-state index contributed by atoms with van der Waals surface area (Å²) in [5, 5.41) is 3.16. The number of carbonyl (C=O) groups excluding carboxylic acids is 4. The molecule has 1 N–H and O–H groups in total. The number of ether oxygens (including phenoxy) is 1. The van der Waals surface area contributed by atoms with E-state index >= 15 is 0 Å². The van der Waals surface area contributed by atoms with Gasteiger partial charge < -0.3 is 10.1 Å². The van der Waals surface area contributed by atoms with Crippen molar-refractivity contribution in [3.63, 3.8) is 0 Å². The summed E-state index contributed by atoms with van der Waals surface area (Å²) in [6.45, 7) is -0.457. The minimum Gasteiger partial charge on any atom is -0.452 e. The molecule has 3 amide bonds. The monoisotopic (exact) mass is 528 g/mol. The van der Waals surface area contributed by atoms with Gasteiger partial charge >= 0.3 is 5.97 Å². The van der Waals surface area contributed by atoms with Crippen LogP contribution in [0.2, 0.25) is 5.02 Å². The molecule has 3 aliphatic rings. The zero-order valence-corrected chi connectivity index (χ0v) is 21.1. The first kappa shape index (κ1) is 24.4. The van der Waals surface area contributed by atoms with Crippen molar-refractivity contribution in [1.29, 1.82) is 0 Å². The van der Waals surface area contributed by atoms with Crippen LogP contribution in [-0.4, -0.2) is 30.3 Å². The Kier molecular flexibility index (Phi) is 6.24. The molecule has 0 spiro atoms. The van der Waals surface area contributed by atoms with Crippen LogP contribution in [0.3, 0.4) is 0 Å². The Morgan fingerprint density at radius 1 is 0.868 bits per heavy atom. The molecular formula is C30H25ClN2O5. The van der Waals surface area contributed by atoms with Crippen LogP contribution in [0.25, 0.3) is 0 Å². The van der Waals surface area contributed by atoms with Gasteiger partial charge in [-0.3, -0.25) is 19.3 Å². The number of nitrogens with zero attached hydrogens (tertiary/aromatic N) is 1. The Hall–Kier alpha value is -3.97. The SMILES string of the molecule is O=C(COC(=O)c1ccc(N2C(=O)[C@@H]3[C@@H]4C[C@@H]([C@H]3C2=O)[C@@H](c2ccccc2)C4)cc1)Nc1ccc(Cl)cc1. The van der Waals surface area contributed by atoms with Crippen LogP contribution in [0.15, 0.2) is 78.9 Å². The van der Waals surface area contributed by atoms with Crippen molar-refractivity contribution in [3.05, 3.63) is 95.0 Å². The molecule has 1 saturated heterocycles. The second-order valence-electron chi connectivity index (χ2n) is 10.2. The lowest BCUT2D eigenvalue weighted by Crippen LogP contribution is -2.33. The molecule has 1 heterocycles. The van der Waals surface area contributed by atoms with Crippen molar-refractivity contribution in [2.75, 3.05) is 16.8 Å². The maximum absolute atomic E-state index is 13.5. The van der Waals surface area contributed by atoms with Crippen LogP contribution >= 0.6 is 11.6 Å². The van der Waals surface area contributed by atoms with Gasteiger partial charge in [-0.15, -0.1) is 0 Å². The maximum Gasteiger partial charge on any atom is 0.338 e. The van der Waals surface area contributed by atoms with E-state index in [-0.39, 0.29) is 41.0 Å². The van der Waals surface area contributed by atoms with Crippen LogP contribution in [-0.2, 0) is 19.1 Å². The molecule has 0 radical (unpaired) electrons. The third-order valence-electron chi connectivity index (χ3n) is 8.07. The summed E-state index contributed by atoms with van der Waals surface area (Å²) < 4.78 is 5.12. The minimum atomic E-state index is -0.678. The van der Waals surface area contributed by atoms with E-state index in [1.165, 1.54) is 22.6 Å². The van der Waals surface area contributed by atoms with Gasteiger partial charge in [-0.1, -0.05) is 41.9 Å². The van der Waals surface area contributed by atoms with E-state index in [0.29, 0.717) is 22.3 Å². The van der Waals surface area contributed by atoms with Gasteiger partial charge in [0.05, 0.1) is 23.1 Å². The molecule has 2 saturated carbocycles. The number of rotatable bonds is 6. The Labute approximate surface area is 224 Å². The lowest BCUT2D eigenvalue weighted by molar-refractivity contribution is -0.123. The van der Waals surface area contributed by atoms with Gasteiger partial charge in [0.15, 0.2) is 6.61 Å². The van der Waals surface area contributed by atoms with Crippen LogP contribution in [0.1, 0.15) is 34.7 Å². The van der Waals surface area contributed by atoms with Crippen LogP contribution < -0.4 is 10.2 Å². The van der Waals surface area contributed by atoms with Crippen LogP contribution in [0.4, 0.5) is 11.4 Å². The Morgan fingerprint density at radius 3 is 2.26 bits per heavy atom. The Bertz CT molecular complexity index is 1410.